The van der Waals surface area contributed by atoms with Gasteiger partial charge in [0, 0.05) is 30.4 Å². The highest BCUT2D eigenvalue weighted by Crippen LogP contribution is 2.38. The van der Waals surface area contributed by atoms with E-state index >= 15 is 0 Å². The molecule has 0 radical (unpaired) electrons. The summed E-state index contributed by atoms with van der Waals surface area (Å²) in [4.78, 5) is 0. The molecule has 1 aromatic heterocycles. The first-order valence-electron chi connectivity index (χ1n) is 6.92. The van der Waals surface area contributed by atoms with Crippen molar-refractivity contribution in [3.8, 4) is 22.4 Å². The lowest BCUT2D eigenvalue weighted by atomic mass is 9.94. The highest BCUT2D eigenvalue weighted by molar-refractivity contribution is 5.83. The molecule has 3 aromatic rings. The fraction of sp³-hybridized carbons (Fsp3) is 0.118. The Hall–Kier alpha value is -2.70. The van der Waals surface area contributed by atoms with Crippen molar-refractivity contribution in [2.24, 2.45) is 7.05 Å². The van der Waals surface area contributed by atoms with E-state index in [1.807, 2.05) is 0 Å². The number of alkyl halides is 3. The van der Waals surface area contributed by atoms with Crippen molar-refractivity contribution < 1.29 is 22.0 Å². The van der Waals surface area contributed by atoms with Crippen LogP contribution in [0.5, 0.6) is 0 Å². The van der Waals surface area contributed by atoms with Gasteiger partial charge in [-0.25, -0.2) is 8.78 Å². The average molecular weight is 338 g/mol. The van der Waals surface area contributed by atoms with Gasteiger partial charge in [-0.1, -0.05) is 6.07 Å². The van der Waals surface area contributed by atoms with Crippen LogP contribution in [0.15, 0.2) is 48.7 Å². The van der Waals surface area contributed by atoms with Gasteiger partial charge in [-0.2, -0.15) is 18.3 Å². The standard InChI is InChI=1S/C17H11F5N2/c1-24-16(6-7-23-24)13-4-2-10(17(20,21)22)8-14(13)12-5-3-11(18)9-15(12)19/h2-9H,1H3. The molecule has 0 saturated heterocycles. The number of rotatable bonds is 2. The van der Waals surface area contributed by atoms with E-state index in [9.17, 15) is 22.0 Å². The molecule has 0 aliphatic carbocycles. The van der Waals surface area contributed by atoms with Crippen molar-refractivity contribution in [3.63, 3.8) is 0 Å². The molecular weight excluding hydrogens is 327 g/mol. The summed E-state index contributed by atoms with van der Waals surface area (Å²) >= 11 is 0. The molecule has 0 saturated carbocycles. The third-order valence-corrected chi connectivity index (χ3v) is 3.67. The van der Waals surface area contributed by atoms with Gasteiger partial charge < -0.3 is 0 Å². The summed E-state index contributed by atoms with van der Waals surface area (Å²) in [5.74, 6) is -1.73. The minimum Gasteiger partial charge on any atom is -0.268 e. The van der Waals surface area contributed by atoms with Crippen molar-refractivity contribution in [1.82, 2.24) is 9.78 Å². The Kier molecular flexibility index (Phi) is 3.87. The molecule has 0 spiro atoms. The molecule has 0 amide bonds. The lowest BCUT2D eigenvalue weighted by Crippen LogP contribution is -2.06. The quantitative estimate of drug-likeness (QED) is 0.598. The summed E-state index contributed by atoms with van der Waals surface area (Å²) in [5.41, 5.74) is -0.118. The van der Waals surface area contributed by atoms with E-state index < -0.39 is 23.4 Å². The van der Waals surface area contributed by atoms with Crippen molar-refractivity contribution in [1.29, 1.82) is 0 Å². The Morgan fingerprint density at radius 3 is 2.17 bits per heavy atom. The zero-order valence-corrected chi connectivity index (χ0v) is 12.4. The van der Waals surface area contributed by atoms with Gasteiger partial charge in [-0.15, -0.1) is 0 Å². The van der Waals surface area contributed by atoms with Crippen LogP contribution >= 0.6 is 0 Å². The molecule has 2 aromatic carbocycles. The fourth-order valence-corrected chi connectivity index (χ4v) is 2.51. The van der Waals surface area contributed by atoms with Crippen LogP contribution in [-0.4, -0.2) is 9.78 Å². The number of halogens is 5. The van der Waals surface area contributed by atoms with E-state index in [0.717, 1.165) is 24.3 Å². The van der Waals surface area contributed by atoms with E-state index in [0.29, 0.717) is 17.3 Å². The maximum Gasteiger partial charge on any atom is 0.416 e. The normalized spacial score (nSPS) is 11.8. The number of benzene rings is 2. The second kappa shape index (κ2) is 5.74. The molecule has 0 atom stereocenters. The minimum absolute atomic E-state index is 0.0194. The van der Waals surface area contributed by atoms with Gasteiger partial charge in [0.1, 0.15) is 11.6 Å². The lowest BCUT2D eigenvalue weighted by molar-refractivity contribution is -0.137. The van der Waals surface area contributed by atoms with Crippen molar-refractivity contribution in [2.45, 2.75) is 6.18 Å². The summed E-state index contributed by atoms with van der Waals surface area (Å²) in [6, 6.07) is 7.42. The monoisotopic (exact) mass is 338 g/mol. The fourth-order valence-electron chi connectivity index (χ4n) is 2.51. The van der Waals surface area contributed by atoms with Crippen LogP contribution in [-0.2, 0) is 13.2 Å². The Morgan fingerprint density at radius 2 is 1.58 bits per heavy atom. The van der Waals surface area contributed by atoms with Crippen LogP contribution in [0.25, 0.3) is 22.4 Å². The summed E-state index contributed by atoms with van der Waals surface area (Å²) in [5, 5.41) is 3.98. The first-order valence-corrected chi connectivity index (χ1v) is 6.92. The zero-order valence-electron chi connectivity index (χ0n) is 12.4. The second-order valence-corrected chi connectivity index (χ2v) is 5.22. The topological polar surface area (TPSA) is 17.8 Å². The van der Waals surface area contributed by atoms with Crippen molar-refractivity contribution in [3.05, 3.63) is 65.9 Å². The van der Waals surface area contributed by atoms with Gasteiger partial charge in [0.15, 0.2) is 0 Å². The van der Waals surface area contributed by atoms with E-state index in [1.54, 1.807) is 13.1 Å². The van der Waals surface area contributed by atoms with Crippen LogP contribution in [0.4, 0.5) is 22.0 Å². The summed E-state index contributed by atoms with van der Waals surface area (Å²) in [6.07, 6.45) is -3.09. The minimum atomic E-state index is -4.57. The lowest BCUT2D eigenvalue weighted by Gasteiger charge is -2.15. The molecule has 124 valence electrons. The van der Waals surface area contributed by atoms with E-state index in [4.69, 9.17) is 0 Å². The number of hydrogen-bond acceptors (Lipinski definition) is 1. The van der Waals surface area contributed by atoms with Gasteiger partial charge in [0.25, 0.3) is 0 Å². The Labute approximate surface area is 134 Å². The highest BCUT2D eigenvalue weighted by Gasteiger charge is 2.31. The number of aryl methyl sites for hydroxylation is 1. The second-order valence-electron chi connectivity index (χ2n) is 5.22. The van der Waals surface area contributed by atoms with Gasteiger partial charge in [0.05, 0.1) is 11.3 Å². The first kappa shape index (κ1) is 16.2. The van der Waals surface area contributed by atoms with Crippen LogP contribution in [0, 0.1) is 11.6 Å². The third kappa shape index (κ3) is 2.89. The third-order valence-electron chi connectivity index (χ3n) is 3.67. The van der Waals surface area contributed by atoms with Gasteiger partial charge in [-0.3, -0.25) is 4.68 Å². The maximum atomic E-state index is 14.1. The predicted octanol–water partition coefficient (Wildman–Crippen LogP) is 5.05. The summed E-state index contributed by atoms with van der Waals surface area (Å²) < 4.78 is 67.8. The zero-order chi connectivity index (χ0) is 17.5. The SMILES string of the molecule is Cn1nccc1-c1ccc(C(F)(F)F)cc1-c1ccc(F)cc1F. The number of aromatic nitrogens is 2. The van der Waals surface area contributed by atoms with Gasteiger partial charge in [-0.05, 0) is 35.9 Å². The Morgan fingerprint density at radius 1 is 0.875 bits per heavy atom. The Balaban J connectivity index is 2.29. The molecule has 24 heavy (non-hydrogen) atoms. The molecule has 0 aliphatic heterocycles. The molecular formula is C17H11F5N2. The Bertz CT molecular complexity index is 896. The van der Waals surface area contributed by atoms with Gasteiger partial charge in [0.2, 0.25) is 0 Å². The van der Waals surface area contributed by atoms with E-state index in [1.165, 1.54) is 16.9 Å². The van der Waals surface area contributed by atoms with Crippen LogP contribution < -0.4 is 0 Å². The molecule has 3 rings (SSSR count). The van der Waals surface area contributed by atoms with Crippen LogP contribution in [0.2, 0.25) is 0 Å². The highest BCUT2D eigenvalue weighted by atomic mass is 19.4. The largest absolute Gasteiger partial charge is 0.416 e. The number of nitrogens with zero attached hydrogens (tertiary/aromatic N) is 2. The number of hydrogen-bond donors (Lipinski definition) is 0. The van der Waals surface area contributed by atoms with E-state index in [-0.39, 0.29) is 11.1 Å². The summed E-state index contributed by atoms with van der Waals surface area (Å²) in [7, 11) is 1.62. The maximum absolute atomic E-state index is 14.1. The molecule has 0 unspecified atom stereocenters. The molecule has 0 bridgehead atoms. The molecule has 2 nitrogen and oxygen atoms in total. The van der Waals surface area contributed by atoms with Crippen LogP contribution in [0.3, 0.4) is 0 Å². The molecule has 7 heteroatoms. The molecule has 0 N–H and O–H groups in total. The average Bonchev–Trinajstić information content (AvgIpc) is 2.92. The first-order chi connectivity index (χ1) is 11.3. The van der Waals surface area contributed by atoms with Crippen molar-refractivity contribution >= 4 is 0 Å². The van der Waals surface area contributed by atoms with Crippen molar-refractivity contribution in [2.75, 3.05) is 0 Å². The van der Waals surface area contributed by atoms with E-state index in [2.05, 4.69) is 5.10 Å². The predicted molar refractivity (Wildman–Crippen MR) is 79.0 cm³/mol. The smallest absolute Gasteiger partial charge is 0.268 e. The molecule has 0 fully saturated rings. The molecule has 0 aliphatic rings. The summed E-state index contributed by atoms with van der Waals surface area (Å²) in [6.45, 7) is 0. The molecule has 1 heterocycles. The van der Waals surface area contributed by atoms with Gasteiger partial charge >= 0.3 is 6.18 Å². The van der Waals surface area contributed by atoms with Crippen LogP contribution in [0.1, 0.15) is 5.56 Å².